The first kappa shape index (κ1) is 15.8. The van der Waals surface area contributed by atoms with E-state index in [1.165, 1.54) is 0 Å². The number of aromatic amines is 1. The lowest BCUT2D eigenvalue weighted by atomic mass is 9.99. The molecule has 4 heterocycles. The Kier molecular flexibility index (Phi) is 3.76. The van der Waals surface area contributed by atoms with Crippen molar-refractivity contribution in [3.8, 4) is 0 Å². The van der Waals surface area contributed by atoms with Crippen LogP contribution >= 0.6 is 0 Å². The average Bonchev–Trinajstić information content (AvgIpc) is 3.16. The minimum Gasteiger partial charge on any atom is -0.369 e. The third-order valence-electron chi connectivity index (χ3n) is 4.48. The molecule has 0 aliphatic carbocycles. The normalized spacial score (nSPS) is 19.8. The van der Waals surface area contributed by atoms with Gasteiger partial charge in [0, 0.05) is 18.2 Å². The molecule has 0 unspecified atom stereocenters. The van der Waals surface area contributed by atoms with Crippen LogP contribution in [0, 0.1) is 6.92 Å². The molecule has 3 aromatic heterocycles. The van der Waals surface area contributed by atoms with E-state index in [0.29, 0.717) is 17.9 Å². The first-order valence-corrected chi connectivity index (χ1v) is 8.34. The van der Waals surface area contributed by atoms with Crippen LogP contribution in [0.4, 0.5) is 0 Å². The van der Waals surface area contributed by atoms with Gasteiger partial charge in [-0.25, -0.2) is 0 Å². The molecule has 4 rings (SSSR count). The van der Waals surface area contributed by atoms with Gasteiger partial charge in [-0.2, -0.15) is 5.10 Å². The number of hydrogen-bond donors (Lipinski definition) is 2. The lowest BCUT2D eigenvalue weighted by molar-refractivity contribution is -0.00697. The van der Waals surface area contributed by atoms with Gasteiger partial charge in [0.05, 0.1) is 24.4 Å². The molecule has 25 heavy (non-hydrogen) atoms. The summed E-state index contributed by atoms with van der Waals surface area (Å²) >= 11 is 0. The van der Waals surface area contributed by atoms with Crippen molar-refractivity contribution in [2.24, 2.45) is 0 Å². The summed E-state index contributed by atoms with van der Waals surface area (Å²) in [7, 11) is 0. The first-order valence-electron chi connectivity index (χ1n) is 8.34. The fraction of sp³-hybridized carbons (Fsp3) is 0.412. The Morgan fingerprint density at radius 1 is 1.40 bits per heavy atom. The number of nitrogens with zero attached hydrogens (tertiary/aromatic N) is 4. The second-order valence-corrected chi connectivity index (χ2v) is 6.49. The molecule has 0 radical (unpaired) electrons. The summed E-state index contributed by atoms with van der Waals surface area (Å²) in [4.78, 5) is 12.6. The zero-order valence-corrected chi connectivity index (χ0v) is 14.4. The highest BCUT2D eigenvalue weighted by Crippen LogP contribution is 2.30. The standard InChI is InChI=1S/C17H20N6O2/c1-9-4-5-13-19-20-14(23(13)8-9)7-18-17(24)16-12-6-10(2)25-11(3)15(12)21-22-16/h4-5,8,10-11H,6-7H2,1-3H3,(H,18,24)(H,21,22)/t10-,11+/m1/s1. The summed E-state index contributed by atoms with van der Waals surface area (Å²) in [6.45, 7) is 6.24. The van der Waals surface area contributed by atoms with Crippen molar-refractivity contribution in [2.75, 3.05) is 0 Å². The third-order valence-corrected chi connectivity index (χ3v) is 4.48. The van der Waals surface area contributed by atoms with E-state index in [4.69, 9.17) is 4.74 Å². The maximum atomic E-state index is 12.6. The molecule has 1 aliphatic heterocycles. The molecule has 0 saturated carbocycles. The van der Waals surface area contributed by atoms with Crippen molar-refractivity contribution >= 4 is 11.6 Å². The quantitative estimate of drug-likeness (QED) is 0.756. The third kappa shape index (κ3) is 2.78. The van der Waals surface area contributed by atoms with Gasteiger partial charge in [0.1, 0.15) is 0 Å². The molecular formula is C17H20N6O2. The number of pyridine rings is 1. The SMILES string of the molecule is Cc1ccc2nnc(CNC(=O)c3n[nH]c4c3C[C@@H](C)O[C@H]4C)n2c1. The Balaban J connectivity index is 1.54. The van der Waals surface area contributed by atoms with E-state index in [0.717, 1.165) is 22.5 Å². The van der Waals surface area contributed by atoms with E-state index in [1.807, 2.05) is 43.5 Å². The lowest BCUT2D eigenvalue weighted by Crippen LogP contribution is -2.28. The highest BCUT2D eigenvalue weighted by Gasteiger charge is 2.29. The minimum absolute atomic E-state index is 0.0649. The van der Waals surface area contributed by atoms with E-state index in [1.54, 1.807) is 0 Å². The predicted molar refractivity (Wildman–Crippen MR) is 90.1 cm³/mol. The van der Waals surface area contributed by atoms with Gasteiger partial charge in [-0.05, 0) is 32.4 Å². The molecule has 8 heteroatoms. The molecular weight excluding hydrogens is 320 g/mol. The van der Waals surface area contributed by atoms with Crippen LogP contribution in [0.5, 0.6) is 0 Å². The van der Waals surface area contributed by atoms with Crippen molar-refractivity contribution < 1.29 is 9.53 Å². The van der Waals surface area contributed by atoms with Crippen LogP contribution in [0.15, 0.2) is 18.3 Å². The smallest absolute Gasteiger partial charge is 0.272 e. The van der Waals surface area contributed by atoms with Crippen molar-refractivity contribution in [3.63, 3.8) is 0 Å². The summed E-state index contributed by atoms with van der Waals surface area (Å²) < 4.78 is 7.64. The summed E-state index contributed by atoms with van der Waals surface area (Å²) in [5, 5.41) is 18.3. The molecule has 0 saturated heterocycles. The van der Waals surface area contributed by atoms with Gasteiger partial charge in [-0.1, -0.05) is 6.07 Å². The van der Waals surface area contributed by atoms with Gasteiger partial charge in [0.25, 0.3) is 5.91 Å². The lowest BCUT2D eigenvalue weighted by Gasteiger charge is -2.25. The number of hydrogen-bond acceptors (Lipinski definition) is 5. The molecule has 2 N–H and O–H groups in total. The van der Waals surface area contributed by atoms with Crippen LogP contribution in [0.25, 0.3) is 5.65 Å². The number of amides is 1. The van der Waals surface area contributed by atoms with Crippen molar-refractivity contribution in [2.45, 2.75) is 45.9 Å². The van der Waals surface area contributed by atoms with Gasteiger partial charge >= 0.3 is 0 Å². The summed E-state index contributed by atoms with van der Waals surface area (Å²) in [5.41, 5.74) is 4.11. The average molecular weight is 340 g/mol. The highest BCUT2D eigenvalue weighted by atomic mass is 16.5. The van der Waals surface area contributed by atoms with E-state index < -0.39 is 0 Å². The van der Waals surface area contributed by atoms with Crippen LogP contribution in [0.3, 0.4) is 0 Å². The molecule has 0 spiro atoms. The number of carbonyl (C=O) groups excluding carboxylic acids is 1. The Hall–Kier alpha value is -2.74. The summed E-state index contributed by atoms with van der Waals surface area (Å²) in [6.07, 6.45) is 2.60. The summed E-state index contributed by atoms with van der Waals surface area (Å²) in [5.74, 6) is 0.463. The van der Waals surface area contributed by atoms with Crippen LogP contribution < -0.4 is 5.32 Å². The predicted octanol–water partition coefficient (Wildman–Crippen LogP) is 1.71. The number of rotatable bonds is 3. The van der Waals surface area contributed by atoms with Crippen LogP contribution in [0.1, 0.15) is 53.1 Å². The molecule has 8 nitrogen and oxygen atoms in total. The molecule has 1 aliphatic rings. The number of fused-ring (bicyclic) bond motifs is 2. The van der Waals surface area contributed by atoms with E-state index in [9.17, 15) is 4.79 Å². The Morgan fingerprint density at radius 3 is 3.08 bits per heavy atom. The first-order chi connectivity index (χ1) is 12.0. The second-order valence-electron chi connectivity index (χ2n) is 6.49. The molecule has 1 amide bonds. The Bertz CT molecular complexity index is 944. The molecule has 0 aromatic carbocycles. The topological polar surface area (TPSA) is 97.2 Å². The van der Waals surface area contributed by atoms with Gasteiger partial charge in [0.2, 0.25) is 0 Å². The van der Waals surface area contributed by atoms with Crippen LogP contribution in [-0.2, 0) is 17.7 Å². The zero-order valence-electron chi connectivity index (χ0n) is 14.4. The maximum Gasteiger partial charge on any atom is 0.272 e. The Labute approximate surface area is 144 Å². The molecule has 0 fully saturated rings. The number of ether oxygens (including phenoxy) is 1. The van der Waals surface area contributed by atoms with Crippen LogP contribution in [0.2, 0.25) is 0 Å². The van der Waals surface area contributed by atoms with Gasteiger partial charge in [0.15, 0.2) is 17.2 Å². The number of carbonyl (C=O) groups is 1. The van der Waals surface area contributed by atoms with E-state index >= 15 is 0 Å². The molecule has 2 atom stereocenters. The number of nitrogens with one attached hydrogen (secondary N) is 2. The van der Waals surface area contributed by atoms with Crippen molar-refractivity contribution in [1.82, 2.24) is 30.1 Å². The fourth-order valence-corrected chi connectivity index (χ4v) is 3.27. The number of aromatic nitrogens is 5. The summed E-state index contributed by atoms with van der Waals surface area (Å²) in [6, 6.07) is 3.88. The van der Waals surface area contributed by atoms with Crippen LogP contribution in [-0.4, -0.2) is 36.8 Å². The second kappa shape index (κ2) is 5.96. The van der Waals surface area contributed by atoms with Crippen molar-refractivity contribution in [1.29, 1.82) is 0 Å². The largest absolute Gasteiger partial charge is 0.369 e. The Morgan fingerprint density at radius 2 is 2.24 bits per heavy atom. The van der Waals surface area contributed by atoms with Gasteiger partial charge in [-0.3, -0.25) is 14.3 Å². The molecule has 3 aromatic rings. The van der Waals surface area contributed by atoms with Gasteiger partial charge in [-0.15, -0.1) is 10.2 Å². The monoisotopic (exact) mass is 340 g/mol. The zero-order chi connectivity index (χ0) is 17.6. The van der Waals surface area contributed by atoms with E-state index in [-0.39, 0.29) is 24.7 Å². The van der Waals surface area contributed by atoms with Crippen molar-refractivity contribution in [3.05, 3.63) is 46.7 Å². The number of H-pyrrole nitrogens is 1. The maximum absolute atomic E-state index is 12.6. The number of aryl methyl sites for hydroxylation is 1. The molecule has 130 valence electrons. The highest BCUT2D eigenvalue weighted by molar-refractivity contribution is 5.94. The van der Waals surface area contributed by atoms with Gasteiger partial charge < -0.3 is 10.1 Å². The fourth-order valence-electron chi connectivity index (χ4n) is 3.27. The molecule has 0 bridgehead atoms. The minimum atomic E-state index is -0.219. The van der Waals surface area contributed by atoms with E-state index in [2.05, 4.69) is 25.7 Å².